The molecule has 2 rings (SSSR count). The number of benzene rings is 1. The highest BCUT2D eigenvalue weighted by Crippen LogP contribution is 2.34. The third-order valence-corrected chi connectivity index (χ3v) is 3.87. The highest BCUT2D eigenvalue weighted by atomic mass is 14.9. The molecular weight excluding hydrogens is 206 g/mol. The molecule has 1 N–H and O–H groups in total. The van der Waals surface area contributed by atoms with E-state index in [4.69, 9.17) is 0 Å². The molecule has 0 amide bonds. The van der Waals surface area contributed by atoms with E-state index in [2.05, 4.69) is 44.3 Å². The van der Waals surface area contributed by atoms with Gasteiger partial charge in [0.2, 0.25) is 0 Å². The van der Waals surface area contributed by atoms with E-state index >= 15 is 0 Å². The molecule has 1 saturated carbocycles. The first-order chi connectivity index (χ1) is 8.20. The van der Waals surface area contributed by atoms with Gasteiger partial charge in [-0.15, -0.1) is 0 Å². The van der Waals surface area contributed by atoms with Crippen LogP contribution in [0.1, 0.15) is 42.9 Å². The summed E-state index contributed by atoms with van der Waals surface area (Å²) in [5, 5.41) is 3.71. The lowest BCUT2D eigenvalue weighted by atomic mass is 9.98. The van der Waals surface area contributed by atoms with Crippen molar-refractivity contribution in [2.75, 3.05) is 6.54 Å². The normalized spacial score (nSPS) is 17.1. The van der Waals surface area contributed by atoms with Crippen molar-refractivity contribution in [2.24, 2.45) is 5.92 Å². The van der Waals surface area contributed by atoms with Gasteiger partial charge in [0.05, 0.1) is 0 Å². The zero-order chi connectivity index (χ0) is 12.3. The van der Waals surface area contributed by atoms with Gasteiger partial charge >= 0.3 is 0 Å². The molecule has 0 radical (unpaired) electrons. The van der Waals surface area contributed by atoms with Crippen LogP contribution in [0.15, 0.2) is 18.2 Å². The number of aryl methyl sites for hydroxylation is 2. The maximum atomic E-state index is 3.71. The van der Waals surface area contributed by atoms with Crippen LogP contribution in [0.5, 0.6) is 0 Å². The first kappa shape index (κ1) is 12.6. The maximum absolute atomic E-state index is 3.71. The zero-order valence-corrected chi connectivity index (χ0v) is 11.4. The Kier molecular flexibility index (Phi) is 4.22. The van der Waals surface area contributed by atoms with E-state index in [-0.39, 0.29) is 0 Å². The molecule has 0 aliphatic heterocycles. The lowest BCUT2D eigenvalue weighted by Crippen LogP contribution is -2.33. The van der Waals surface area contributed by atoms with E-state index in [1.807, 2.05) is 0 Å². The van der Waals surface area contributed by atoms with Crippen molar-refractivity contribution in [3.05, 3.63) is 34.9 Å². The molecular formula is C16H25N. The van der Waals surface area contributed by atoms with Crippen LogP contribution in [0.2, 0.25) is 0 Å². The summed E-state index contributed by atoms with van der Waals surface area (Å²) >= 11 is 0. The van der Waals surface area contributed by atoms with Crippen LogP contribution in [0.3, 0.4) is 0 Å². The van der Waals surface area contributed by atoms with Gasteiger partial charge in [-0.25, -0.2) is 0 Å². The molecule has 17 heavy (non-hydrogen) atoms. The second-order valence-electron chi connectivity index (χ2n) is 5.52. The Hall–Kier alpha value is -0.820. The van der Waals surface area contributed by atoms with Crippen LogP contribution in [-0.2, 0) is 6.42 Å². The fourth-order valence-electron chi connectivity index (χ4n) is 2.42. The summed E-state index contributed by atoms with van der Waals surface area (Å²) in [6.07, 6.45) is 5.28. The summed E-state index contributed by atoms with van der Waals surface area (Å²) in [6.45, 7) is 7.80. The predicted octanol–water partition coefficient (Wildman–Crippen LogP) is 3.62. The standard InChI is InChI=1S/C16H25N/c1-4-9-17-16(15-7-8-15)11-14-6-5-12(2)13(3)10-14/h5-6,10,15-17H,4,7-9,11H2,1-3H3. The van der Waals surface area contributed by atoms with E-state index in [1.165, 1.54) is 42.4 Å². The van der Waals surface area contributed by atoms with Crippen molar-refractivity contribution < 1.29 is 0 Å². The van der Waals surface area contributed by atoms with E-state index < -0.39 is 0 Å². The van der Waals surface area contributed by atoms with Crippen molar-refractivity contribution in [2.45, 2.75) is 52.5 Å². The second kappa shape index (κ2) is 5.68. The summed E-state index contributed by atoms with van der Waals surface area (Å²) in [5.74, 6) is 0.933. The van der Waals surface area contributed by atoms with Crippen molar-refractivity contribution in [3.8, 4) is 0 Å². The molecule has 94 valence electrons. The number of rotatable bonds is 6. The fraction of sp³-hybridized carbons (Fsp3) is 0.625. The Labute approximate surface area is 106 Å². The maximum Gasteiger partial charge on any atom is 0.0136 e. The summed E-state index contributed by atoms with van der Waals surface area (Å²) in [6, 6.07) is 7.62. The van der Waals surface area contributed by atoms with Crippen molar-refractivity contribution in [1.29, 1.82) is 0 Å². The molecule has 0 heterocycles. The highest BCUT2D eigenvalue weighted by molar-refractivity contribution is 5.30. The number of hydrogen-bond donors (Lipinski definition) is 1. The average molecular weight is 231 g/mol. The third kappa shape index (κ3) is 3.57. The van der Waals surface area contributed by atoms with Gasteiger partial charge < -0.3 is 5.32 Å². The predicted molar refractivity (Wildman–Crippen MR) is 74.4 cm³/mol. The van der Waals surface area contributed by atoms with Crippen LogP contribution >= 0.6 is 0 Å². The van der Waals surface area contributed by atoms with Gasteiger partial charge in [-0.1, -0.05) is 25.1 Å². The Morgan fingerprint density at radius 3 is 2.59 bits per heavy atom. The van der Waals surface area contributed by atoms with Crippen LogP contribution in [0.4, 0.5) is 0 Å². The molecule has 1 fully saturated rings. The van der Waals surface area contributed by atoms with Crippen molar-refractivity contribution >= 4 is 0 Å². The molecule has 1 aromatic carbocycles. The monoisotopic (exact) mass is 231 g/mol. The first-order valence-corrected chi connectivity index (χ1v) is 7.00. The van der Waals surface area contributed by atoms with Crippen LogP contribution in [-0.4, -0.2) is 12.6 Å². The molecule has 0 bridgehead atoms. The summed E-state index contributed by atoms with van der Waals surface area (Å²) in [4.78, 5) is 0. The molecule has 1 nitrogen and oxygen atoms in total. The lowest BCUT2D eigenvalue weighted by molar-refractivity contribution is 0.460. The molecule has 1 aromatic rings. The number of hydrogen-bond acceptors (Lipinski definition) is 1. The molecule has 1 aliphatic carbocycles. The third-order valence-electron chi connectivity index (χ3n) is 3.87. The summed E-state index contributed by atoms with van der Waals surface area (Å²) < 4.78 is 0. The smallest absolute Gasteiger partial charge is 0.0136 e. The highest BCUT2D eigenvalue weighted by Gasteiger charge is 2.30. The zero-order valence-electron chi connectivity index (χ0n) is 11.4. The minimum Gasteiger partial charge on any atom is -0.313 e. The molecule has 1 heteroatoms. The van der Waals surface area contributed by atoms with Crippen molar-refractivity contribution in [1.82, 2.24) is 5.32 Å². The van der Waals surface area contributed by atoms with E-state index in [1.54, 1.807) is 0 Å². The van der Waals surface area contributed by atoms with Gasteiger partial charge in [0.1, 0.15) is 0 Å². The van der Waals surface area contributed by atoms with Crippen LogP contribution < -0.4 is 5.32 Å². The van der Waals surface area contributed by atoms with Gasteiger partial charge in [-0.3, -0.25) is 0 Å². The largest absolute Gasteiger partial charge is 0.313 e. The quantitative estimate of drug-likeness (QED) is 0.788. The Balaban J connectivity index is 1.98. The minimum absolute atomic E-state index is 0.706. The molecule has 1 aliphatic rings. The fourth-order valence-corrected chi connectivity index (χ4v) is 2.42. The number of nitrogens with one attached hydrogen (secondary N) is 1. The SMILES string of the molecule is CCCNC(Cc1ccc(C)c(C)c1)C1CC1. The Morgan fingerprint density at radius 1 is 1.24 bits per heavy atom. The molecule has 1 unspecified atom stereocenters. The topological polar surface area (TPSA) is 12.0 Å². The van der Waals surface area contributed by atoms with Crippen LogP contribution in [0, 0.1) is 19.8 Å². The summed E-state index contributed by atoms with van der Waals surface area (Å²) in [5.41, 5.74) is 4.32. The van der Waals surface area contributed by atoms with Crippen LogP contribution in [0.25, 0.3) is 0 Å². The average Bonchev–Trinajstić information content (AvgIpc) is 3.13. The molecule has 1 atom stereocenters. The minimum atomic E-state index is 0.706. The van der Waals surface area contributed by atoms with Gasteiger partial charge in [0, 0.05) is 6.04 Å². The second-order valence-corrected chi connectivity index (χ2v) is 5.52. The Morgan fingerprint density at radius 2 is 2.00 bits per heavy atom. The van der Waals surface area contributed by atoms with Gasteiger partial charge in [-0.05, 0) is 68.7 Å². The van der Waals surface area contributed by atoms with E-state index in [9.17, 15) is 0 Å². The first-order valence-electron chi connectivity index (χ1n) is 7.00. The van der Waals surface area contributed by atoms with E-state index in [0.717, 1.165) is 12.5 Å². The van der Waals surface area contributed by atoms with Gasteiger partial charge in [0.25, 0.3) is 0 Å². The van der Waals surface area contributed by atoms with Gasteiger partial charge in [0.15, 0.2) is 0 Å². The van der Waals surface area contributed by atoms with Gasteiger partial charge in [-0.2, -0.15) is 0 Å². The lowest BCUT2D eigenvalue weighted by Gasteiger charge is -2.18. The Bertz CT molecular complexity index is 366. The molecule has 0 spiro atoms. The van der Waals surface area contributed by atoms with Crippen molar-refractivity contribution in [3.63, 3.8) is 0 Å². The molecule has 0 aromatic heterocycles. The summed E-state index contributed by atoms with van der Waals surface area (Å²) in [7, 11) is 0. The van der Waals surface area contributed by atoms with E-state index in [0.29, 0.717) is 6.04 Å². The molecule has 0 saturated heterocycles.